The SMILES string of the molecule is O=C(Nc1cccnc1Oc1ccccc1)c1ccc(F)cc1F. The van der Waals surface area contributed by atoms with Crippen LogP contribution in [-0.2, 0) is 0 Å². The summed E-state index contributed by atoms with van der Waals surface area (Å²) in [6.07, 6.45) is 1.51. The van der Waals surface area contributed by atoms with Gasteiger partial charge in [-0.2, -0.15) is 0 Å². The molecule has 0 atom stereocenters. The van der Waals surface area contributed by atoms with Gasteiger partial charge in [0.25, 0.3) is 5.91 Å². The first-order valence-electron chi connectivity index (χ1n) is 7.08. The van der Waals surface area contributed by atoms with Crippen molar-refractivity contribution in [2.24, 2.45) is 0 Å². The zero-order valence-electron chi connectivity index (χ0n) is 12.4. The van der Waals surface area contributed by atoms with Crippen LogP contribution < -0.4 is 10.1 Å². The zero-order chi connectivity index (χ0) is 16.9. The van der Waals surface area contributed by atoms with E-state index >= 15 is 0 Å². The largest absolute Gasteiger partial charge is 0.437 e. The Bertz CT molecular complexity index is 870. The standard InChI is InChI=1S/C18H12F2N2O2/c19-12-8-9-14(15(20)11-12)17(23)22-16-7-4-10-21-18(16)24-13-5-2-1-3-6-13/h1-11H,(H,22,23). The van der Waals surface area contributed by atoms with Crippen LogP contribution in [0.3, 0.4) is 0 Å². The maximum Gasteiger partial charge on any atom is 0.258 e. The molecule has 0 fully saturated rings. The molecule has 3 aromatic rings. The van der Waals surface area contributed by atoms with Gasteiger partial charge in [-0.15, -0.1) is 0 Å². The van der Waals surface area contributed by atoms with Gasteiger partial charge in [-0.25, -0.2) is 13.8 Å². The third-order valence-corrected chi connectivity index (χ3v) is 3.15. The third kappa shape index (κ3) is 3.55. The van der Waals surface area contributed by atoms with Crippen molar-refractivity contribution in [3.05, 3.63) is 84.1 Å². The van der Waals surface area contributed by atoms with Crippen molar-refractivity contribution in [2.45, 2.75) is 0 Å². The van der Waals surface area contributed by atoms with Crippen molar-refractivity contribution >= 4 is 11.6 Å². The number of hydrogen-bond donors (Lipinski definition) is 1. The van der Waals surface area contributed by atoms with E-state index in [1.807, 2.05) is 6.07 Å². The first-order valence-corrected chi connectivity index (χ1v) is 7.08. The number of carbonyl (C=O) groups is 1. The van der Waals surface area contributed by atoms with E-state index in [2.05, 4.69) is 10.3 Å². The molecule has 1 N–H and O–H groups in total. The molecular formula is C18H12F2N2O2. The Morgan fingerprint density at radius 2 is 1.79 bits per heavy atom. The summed E-state index contributed by atoms with van der Waals surface area (Å²) in [4.78, 5) is 16.3. The smallest absolute Gasteiger partial charge is 0.258 e. The van der Waals surface area contributed by atoms with Gasteiger partial charge < -0.3 is 10.1 Å². The molecule has 0 saturated heterocycles. The number of halogens is 2. The number of hydrogen-bond acceptors (Lipinski definition) is 3. The molecule has 0 saturated carbocycles. The van der Waals surface area contributed by atoms with Crippen LogP contribution >= 0.6 is 0 Å². The predicted octanol–water partition coefficient (Wildman–Crippen LogP) is 4.40. The highest BCUT2D eigenvalue weighted by atomic mass is 19.1. The predicted molar refractivity (Wildman–Crippen MR) is 85.1 cm³/mol. The molecule has 0 aliphatic heterocycles. The number of pyridine rings is 1. The van der Waals surface area contributed by atoms with Crippen LogP contribution in [0.2, 0.25) is 0 Å². The van der Waals surface area contributed by atoms with Crippen LogP contribution in [0.5, 0.6) is 11.6 Å². The molecule has 0 aliphatic carbocycles. The Labute approximate surface area is 136 Å². The van der Waals surface area contributed by atoms with Gasteiger partial charge in [-0.1, -0.05) is 18.2 Å². The van der Waals surface area contributed by atoms with Gasteiger partial charge >= 0.3 is 0 Å². The number of nitrogens with one attached hydrogen (secondary N) is 1. The monoisotopic (exact) mass is 326 g/mol. The summed E-state index contributed by atoms with van der Waals surface area (Å²) in [5.41, 5.74) is 0.000919. The lowest BCUT2D eigenvalue weighted by Gasteiger charge is -2.11. The highest BCUT2D eigenvalue weighted by Crippen LogP contribution is 2.27. The number of aromatic nitrogens is 1. The van der Waals surface area contributed by atoms with E-state index in [4.69, 9.17) is 4.74 Å². The molecule has 0 bridgehead atoms. The Morgan fingerprint density at radius 3 is 2.54 bits per heavy atom. The molecule has 0 aliphatic rings. The third-order valence-electron chi connectivity index (χ3n) is 3.15. The average molecular weight is 326 g/mol. The first-order chi connectivity index (χ1) is 11.6. The summed E-state index contributed by atoms with van der Waals surface area (Å²) >= 11 is 0. The number of anilines is 1. The number of rotatable bonds is 4. The van der Waals surface area contributed by atoms with Gasteiger partial charge in [0.15, 0.2) is 0 Å². The quantitative estimate of drug-likeness (QED) is 0.773. The van der Waals surface area contributed by atoms with Crippen molar-refractivity contribution in [1.29, 1.82) is 0 Å². The van der Waals surface area contributed by atoms with Crippen molar-refractivity contribution in [3.63, 3.8) is 0 Å². The van der Waals surface area contributed by atoms with E-state index in [1.165, 1.54) is 6.20 Å². The van der Waals surface area contributed by atoms with Crippen LogP contribution in [0.15, 0.2) is 66.9 Å². The van der Waals surface area contributed by atoms with Crippen molar-refractivity contribution in [2.75, 3.05) is 5.32 Å². The molecule has 1 amide bonds. The second kappa shape index (κ2) is 6.87. The van der Waals surface area contributed by atoms with Gasteiger partial charge in [0, 0.05) is 12.3 Å². The summed E-state index contributed by atoms with van der Waals surface area (Å²) in [6, 6.07) is 14.8. The fourth-order valence-corrected chi connectivity index (χ4v) is 2.03. The van der Waals surface area contributed by atoms with Crippen LogP contribution in [0.4, 0.5) is 14.5 Å². The topological polar surface area (TPSA) is 51.2 Å². The Morgan fingerprint density at radius 1 is 1.00 bits per heavy atom. The maximum atomic E-state index is 13.7. The molecule has 2 aromatic carbocycles. The normalized spacial score (nSPS) is 10.2. The number of para-hydroxylation sites is 1. The van der Waals surface area contributed by atoms with Crippen LogP contribution in [0, 0.1) is 11.6 Å². The Hall–Kier alpha value is -3.28. The minimum absolute atomic E-state index is 0.166. The van der Waals surface area contributed by atoms with Crippen molar-refractivity contribution < 1.29 is 18.3 Å². The van der Waals surface area contributed by atoms with Gasteiger partial charge in [-0.3, -0.25) is 4.79 Å². The summed E-state index contributed by atoms with van der Waals surface area (Å²) in [5.74, 6) is -1.71. The molecule has 0 radical (unpaired) electrons. The molecule has 1 heterocycles. The minimum atomic E-state index is -0.943. The molecule has 120 valence electrons. The summed E-state index contributed by atoms with van der Waals surface area (Å²) < 4.78 is 32.3. The van der Waals surface area contributed by atoms with E-state index in [9.17, 15) is 13.6 Å². The molecular weight excluding hydrogens is 314 g/mol. The molecule has 0 spiro atoms. The number of ether oxygens (including phenoxy) is 1. The Balaban J connectivity index is 1.84. The average Bonchev–Trinajstić information content (AvgIpc) is 2.57. The van der Waals surface area contributed by atoms with E-state index in [0.717, 1.165) is 12.1 Å². The second-order valence-electron chi connectivity index (χ2n) is 4.85. The lowest BCUT2D eigenvalue weighted by molar-refractivity contribution is 0.102. The molecule has 6 heteroatoms. The minimum Gasteiger partial charge on any atom is -0.437 e. The van der Waals surface area contributed by atoms with E-state index in [1.54, 1.807) is 36.4 Å². The zero-order valence-corrected chi connectivity index (χ0v) is 12.4. The van der Waals surface area contributed by atoms with Crippen molar-refractivity contribution in [1.82, 2.24) is 4.98 Å². The second-order valence-corrected chi connectivity index (χ2v) is 4.85. The van der Waals surface area contributed by atoms with E-state index in [-0.39, 0.29) is 17.1 Å². The van der Waals surface area contributed by atoms with Gasteiger partial charge in [0.05, 0.1) is 5.56 Å². The summed E-state index contributed by atoms with van der Waals surface area (Å²) in [6.45, 7) is 0. The van der Waals surface area contributed by atoms with E-state index in [0.29, 0.717) is 11.8 Å². The fourth-order valence-electron chi connectivity index (χ4n) is 2.03. The van der Waals surface area contributed by atoms with Crippen LogP contribution in [-0.4, -0.2) is 10.9 Å². The van der Waals surface area contributed by atoms with Crippen LogP contribution in [0.1, 0.15) is 10.4 Å². The van der Waals surface area contributed by atoms with Gasteiger partial charge in [0.1, 0.15) is 23.1 Å². The molecule has 3 rings (SSSR count). The highest BCUT2D eigenvalue weighted by Gasteiger charge is 2.15. The lowest BCUT2D eigenvalue weighted by atomic mass is 10.2. The van der Waals surface area contributed by atoms with Gasteiger partial charge in [-0.05, 0) is 36.4 Å². The Kier molecular flexibility index (Phi) is 4.47. The highest BCUT2D eigenvalue weighted by molar-refractivity contribution is 6.05. The number of benzene rings is 2. The molecule has 0 unspecified atom stereocenters. The van der Waals surface area contributed by atoms with Crippen molar-refractivity contribution in [3.8, 4) is 11.6 Å². The lowest BCUT2D eigenvalue weighted by Crippen LogP contribution is -2.14. The molecule has 24 heavy (non-hydrogen) atoms. The molecule has 1 aromatic heterocycles. The number of carbonyl (C=O) groups excluding carboxylic acids is 1. The van der Waals surface area contributed by atoms with Gasteiger partial charge in [0.2, 0.25) is 5.88 Å². The fraction of sp³-hybridized carbons (Fsp3) is 0. The summed E-state index contributed by atoms with van der Waals surface area (Å²) in [7, 11) is 0. The first kappa shape index (κ1) is 15.6. The number of nitrogens with zero attached hydrogens (tertiary/aromatic N) is 1. The van der Waals surface area contributed by atoms with Crippen LogP contribution in [0.25, 0.3) is 0 Å². The maximum absolute atomic E-state index is 13.7. The molecule has 4 nitrogen and oxygen atoms in total. The number of amides is 1. The summed E-state index contributed by atoms with van der Waals surface area (Å²) in [5, 5.41) is 2.52. The van der Waals surface area contributed by atoms with E-state index < -0.39 is 17.5 Å².